The van der Waals surface area contributed by atoms with Crippen LogP contribution in [0.25, 0.3) is 11.1 Å². The van der Waals surface area contributed by atoms with Gasteiger partial charge < -0.3 is 9.80 Å². The van der Waals surface area contributed by atoms with Crippen LogP contribution in [0.4, 0.5) is 0 Å². The standard InChI is InChI=1S/C28H32Cl2N4O3S/c1-32(20-21-3-5-22(6-4-21)23-9-12-31-13-10-23)28(35)25(24-7-8-26(29)27(30)19-24)11-14-33-15-17-34(18-16-33)38(2,36)37/h3-10,12-13,19,25H,11,14-18,20H2,1-2H3. The van der Waals surface area contributed by atoms with Crippen LogP contribution in [0.5, 0.6) is 0 Å². The van der Waals surface area contributed by atoms with Crippen LogP contribution in [0.1, 0.15) is 23.5 Å². The lowest BCUT2D eigenvalue weighted by atomic mass is 9.93. The first-order valence-corrected chi connectivity index (χ1v) is 15.1. The molecule has 1 atom stereocenters. The second-order valence-electron chi connectivity index (χ2n) is 9.65. The predicted octanol–water partition coefficient (Wildman–Crippen LogP) is 4.76. The molecule has 1 aliphatic heterocycles. The van der Waals surface area contributed by atoms with Crippen molar-refractivity contribution in [3.05, 3.63) is 88.2 Å². The first kappa shape index (κ1) is 28.5. The van der Waals surface area contributed by atoms with Gasteiger partial charge in [0.25, 0.3) is 0 Å². The summed E-state index contributed by atoms with van der Waals surface area (Å²) in [4.78, 5) is 21.7. The molecule has 2 heterocycles. The number of carbonyl (C=O) groups excluding carboxylic acids is 1. The van der Waals surface area contributed by atoms with E-state index >= 15 is 0 Å². The largest absolute Gasteiger partial charge is 0.341 e. The van der Waals surface area contributed by atoms with Crippen molar-refractivity contribution >= 4 is 39.1 Å². The van der Waals surface area contributed by atoms with Gasteiger partial charge in [0.1, 0.15) is 0 Å². The van der Waals surface area contributed by atoms with Crippen LogP contribution < -0.4 is 0 Å². The average molecular weight is 576 g/mol. The van der Waals surface area contributed by atoms with Crippen molar-refractivity contribution in [1.29, 1.82) is 0 Å². The van der Waals surface area contributed by atoms with Crippen LogP contribution in [-0.2, 0) is 21.4 Å². The van der Waals surface area contributed by atoms with Crippen LogP contribution in [-0.4, -0.2) is 79.4 Å². The number of likely N-dealkylation sites (N-methyl/N-ethyl adjacent to an activating group) is 1. The Morgan fingerprint density at radius 2 is 1.58 bits per heavy atom. The maximum Gasteiger partial charge on any atom is 0.230 e. The molecule has 0 saturated carbocycles. The number of nitrogens with zero attached hydrogens (tertiary/aromatic N) is 4. The minimum Gasteiger partial charge on any atom is -0.341 e. The Morgan fingerprint density at radius 3 is 2.18 bits per heavy atom. The number of benzene rings is 2. The highest BCUT2D eigenvalue weighted by Crippen LogP contribution is 2.30. The smallest absolute Gasteiger partial charge is 0.230 e. The van der Waals surface area contributed by atoms with Gasteiger partial charge in [-0.15, -0.1) is 0 Å². The zero-order chi connectivity index (χ0) is 27.3. The van der Waals surface area contributed by atoms with Crippen molar-refractivity contribution in [2.45, 2.75) is 18.9 Å². The molecule has 0 spiro atoms. The molecule has 1 fully saturated rings. The molecule has 0 N–H and O–H groups in total. The molecule has 0 radical (unpaired) electrons. The average Bonchev–Trinajstić information content (AvgIpc) is 2.91. The summed E-state index contributed by atoms with van der Waals surface area (Å²) in [5, 5.41) is 0.860. The van der Waals surface area contributed by atoms with Gasteiger partial charge in [-0.25, -0.2) is 8.42 Å². The molecule has 1 aliphatic rings. The van der Waals surface area contributed by atoms with Gasteiger partial charge in [0.15, 0.2) is 0 Å². The molecule has 1 saturated heterocycles. The fraction of sp³-hybridized carbons (Fsp3) is 0.357. The number of halogens is 2. The third-order valence-corrected chi connectivity index (χ3v) is 8.98. The highest BCUT2D eigenvalue weighted by atomic mass is 35.5. The number of rotatable bonds is 9. The maximum absolute atomic E-state index is 13.7. The Balaban J connectivity index is 1.45. The Hall–Kier alpha value is -2.49. The lowest BCUT2D eigenvalue weighted by Gasteiger charge is -2.34. The van der Waals surface area contributed by atoms with Gasteiger partial charge in [-0.2, -0.15) is 4.31 Å². The van der Waals surface area contributed by atoms with Crippen LogP contribution in [0.3, 0.4) is 0 Å². The number of amides is 1. The van der Waals surface area contributed by atoms with E-state index in [1.165, 1.54) is 10.6 Å². The number of carbonyl (C=O) groups is 1. The number of aromatic nitrogens is 1. The lowest BCUT2D eigenvalue weighted by Crippen LogP contribution is -2.48. The Bertz CT molecular complexity index is 1350. The molecular weight excluding hydrogens is 543 g/mol. The summed E-state index contributed by atoms with van der Waals surface area (Å²) < 4.78 is 25.2. The molecule has 7 nitrogen and oxygen atoms in total. The third-order valence-electron chi connectivity index (χ3n) is 6.94. The van der Waals surface area contributed by atoms with E-state index in [0.29, 0.717) is 55.7 Å². The van der Waals surface area contributed by atoms with E-state index in [4.69, 9.17) is 23.2 Å². The van der Waals surface area contributed by atoms with Gasteiger partial charge in [-0.05, 0) is 59.5 Å². The van der Waals surface area contributed by atoms with E-state index in [1.54, 1.807) is 29.4 Å². The molecular formula is C28H32Cl2N4O3S. The van der Waals surface area contributed by atoms with Crippen LogP contribution in [0.2, 0.25) is 10.0 Å². The Labute approximate surface area is 235 Å². The number of hydrogen-bond acceptors (Lipinski definition) is 5. The molecule has 0 aliphatic carbocycles. The highest BCUT2D eigenvalue weighted by molar-refractivity contribution is 7.88. The predicted molar refractivity (Wildman–Crippen MR) is 153 cm³/mol. The SMILES string of the molecule is CN(Cc1ccc(-c2ccncc2)cc1)C(=O)C(CCN1CCN(S(C)(=O)=O)CC1)c1ccc(Cl)c(Cl)c1. The van der Waals surface area contributed by atoms with Crippen LogP contribution in [0.15, 0.2) is 67.0 Å². The molecule has 3 aromatic rings. The second-order valence-corrected chi connectivity index (χ2v) is 12.4. The highest BCUT2D eigenvalue weighted by Gasteiger charge is 2.28. The first-order chi connectivity index (χ1) is 18.1. The summed E-state index contributed by atoms with van der Waals surface area (Å²) >= 11 is 12.5. The topological polar surface area (TPSA) is 73.8 Å². The maximum atomic E-state index is 13.7. The van der Waals surface area contributed by atoms with Gasteiger partial charge in [0.2, 0.25) is 15.9 Å². The van der Waals surface area contributed by atoms with Crippen molar-refractivity contribution in [3.8, 4) is 11.1 Å². The normalized spacial score (nSPS) is 15.8. The van der Waals surface area contributed by atoms with Gasteiger partial charge in [-0.3, -0.25) is 9.78 Å². The van der Waals surface area contributed by atoms with Crippen molar-refractivity contribution in [2.24, 2.45) is 0 Å². The second kappa shape index (κ2) is 12.6. The van der Waals surface area contributed by atoms with Crippen molar-refractivity contribution in [2.75, 3.05) is 46.0 Å². The van der Waals surface area contributed by atoms with E-state index in [1.807, 2.05) is 37.4 Å². The summed E-state index contributed by atoms with van der Waals surface area (Å²) in [5.74, 6) is -0.407. The van der Waals surface area contributed by atoms with Crippen molar-refractivity contribution in [1.82, 2.24) is 19.1 Å². The molecule has 202 valence electrons. The number of sulfonamides is 1. The number of pyridine rings is 1. The fourth-order valence-electron chi connectivity index (χ4n) is 4.72. The quantitative estimate of drug-likeness (QED) is 0.368. The monoisotopic (exact) mass is 574 g/mol. The van der Waals surface area contributed by atoms with E-state index < -0.39 is 15.9 Å². The molecule has 2 aromatic carbocycles. The minimum atomic E-state index is -3.19. The third kappa shape index (κ3) is 7.33. The molecule has 1 amide bonds. The van der Waals surface area contributed by atoms with E-state index in [-0.39, 0.29) is 5.91 Å². The molecule has 4 rings (SSSR count). The molecule has 10 heteroatoms. The molecule has 1 unspecified atom stereocenters. The first-order valence-electron chi connectivity index (χ1n) is 12.5. The summed E-state index contributed by atoms with van der Waals surface area (Å²) in [6.07, 6.45) is 5.36. The van der Waals surface area contributed by atoms with Gasteiger partial charge in [0, 0.05) is 52.2 Å². The Morgan fingerprint density at radius 1 is 0.947 bits per heavy atom. The van der Waals surface area contributed by atoms with Crippen molar-refractivity contribution < 1.29 is 13.2 Å². The van der Waals surface area contributed by atoms with E-state index in [9.17, 15) is 13.2 Å². The van der Waals surface area contributed by atoms with Gasteiger partial charge in [-0.1, -0.05) is 53.5 Å². The number of piperazine rings is 1. The summed E-state index contributed by atoms with van der Waals surface area (Å²) in [5.41, 5.74) is 4.03. The van der Waals surface area contributed by atoms with E-state index in [2.05, 4.69) is 22.0 Å². The minimum absolute atomic E-state index is 0.00336. The Kier molecular flexibility index (Phi) is 9.44. The zero-order valence-corrected chi connectivity index (χ0v) is 23.9. The summed E-state index contributed by atoms with van der Waals surface area (Å²) in [7, 11) is -1.38. The summed E-state index contributed by atoms with van der Waals surface area (Å²) in [6.45, 7) is 3.33. The molecule has 1 aromatic heterocycles. The van der Waals surface area contributed by atoms with Crippen LogP contribution in [0, 0.1) is 0 Å². The van der Waals surface area contributed by atoms with Gasteiger partial charge in [0.05, 0.1) is 22.2 Å². The zero-order valence-electron chi connectivity index (χ0n) is 21.6. The summed E-state index contributed by atoms with van der Waals surface area (Å²) in [6, 6.07) is 17.5. The number of hydrogen-bond donors (Lipinski definition) is 0. The van der Waals surface area contributed by atoms with Crippen molar-refractivity contribution in [3.63, 3.8) is 0 Å². The lowest BCUT2D eigenvalue weighted by molar-refractivity contribution is -0.132. The fourth-order valence-corrected chi connectivity index (χ4v) is 5.86. The van der Waals surface area contributed by atoms with Gasteiger partial charge >= 0.3 is 0 Å². The van der Waals surface area contributed by atoms with Crippen LogP contribution >= 0.6 is 23.2 Å². The molecule has 38 heavy (non-hydrogen) atoms. The van der Waals surface area contributed by atoms with E-state index in [0.717, 1.165) is 22.3 Å². The molecule has 0 bridgehead atoms.